The highest BCUT2D eigenvalue weighted by Gasteiger charge is 2.65. The molecule has 0 radical (unpaired) electrons. The number of non-ortho nitro benzene ring substituents is 1. The number of carbonyl (C=O) groups is 2. The van der Waals surface area contributed by atoms with E-state index < -0.39 is 40.0 Å². The van der Waals surface area contributed by atoms with E-state index in [2.05, 4.69) is 0 Å². The first kappa shape index (κ1) is 23.2. The fourth-order valence-electron chi connectivity index (χ4n) is 4.87. The summed E-state index contributed by atoms with van der Waals surface area (Å²) in [4.78, 5) is 39.2. The number of ketones is 1. The number of carbonyl (C=O) groups excluding carboxylic acids is 2. The zero-order chi connectivity index (χ0) is 25.3. The lowest BCUT2D eigenvalue weighted by Crippen LogP contribution is -2.47. The lowest BCUT2D eigenvalue weighted by atomic mass is 9.67. The van der Waals surface area contributed by atoms with Gasteiger partial charge >= 0.3 is 0 Å². The van der Waals surface area contributed by atoms with Gasteiger partial charge in [-0.2, -0.15) is 10.5 Å². The van der Waals surface area contributed by atoms with Crippen molar-refractivity contribution in [3.63, 3.8) is 0 Å². The number of nitrogens with two attached hydrogens (primary N) is 1. The molecule has 1 amide bonds. The maximum Gasteiger partial charge on any atom is 0.269 e. The molecule has 0 bridgehead atoms. The second-order valence-corrected chi connectivity index (χ2v) is 8.16. The van der Waals surface area contributed by atoms with Gasteiger partial charge in [0, 0.05) is 29.8 Å². The molecule has 2 aromatic rings. The Labute approximate surface area is 200 Å². The zero-order valence-corrected chi connectivity index (χ0v) is 18.5. The van der Waals surface area contributed by atoms with Crippen molar-refractivity contribution in [3.8, 4) is 17.9 Å². The molecule has 2 aliphatic heterocycles. The summed E-state index contributed by atoms with van der Waals surface area (Å²) in [6.07, 6.45) is 4.38. The summed E-state index contributed by atoms with van der Waals surface area (Å²) in [5.41, 5.74) is 4.32. The van der Waals surface area contributed by atoms with Gasteiger partial charge in [0.1, 0.15) is 17.9 Å². The van der Waals surface area contributed by atoms with Crippen LogP contribution in [0.5, 0.6) is 5.75 Å². The zero-order valence-electron chi connectivity index (χ0n) is 18.5. The summed E-state index contributed by atoms with van der Waals surface area (Å²) < 4.78 is 5.15. The topological polar surface area (TPSA) is 163 Å². The number of primary amides is 1. The van der Waals surface area contributed by atoms with Crippen LogP contribution in [0.4, 0.5) is 5.69 Å². The van der Waals surface area contributed by atoms with Crippen molar-refractivity contribution in [2.45, 2.75) is 18.0 Å². The molecule has 4 atom stereocenters. The summed E-state index contributed by atoms with van der Waals surface area (Å²) in [6.45, 7) is 0. The van der Waals surface area contributed by atoms with Crippen LogP contribution >= 0.6 is 0 Å². The Morgan fingerprint density at radius 3 is 2.49 bits per heavy atom. The van der Waals surface area contributed by atoms with E-state index in [4.69, 9.17) is 10.5 Å². The lowest BCUT2D eigenvalue weighted by Gasteiger charge is -2.31. The molecule has 2 heterocycles. The van der Waals surface area contributed by atoms with Gasteiger partial charge in [-0.3, -0.25) is 19.7 Å². The second kappa shape index (κ2) is 8.76. The molecule has 1 fully saturated rings. The van der Waals surface area contributed by atoms with E-state index in [-0.39, 0.29) is 22.4 Å². The van der Waals surface area contributed by atoms with E-state index >= 15 is 0 Å². The minimum absolute atomic E-state index is 0.213. The van der Waals surface area contributed by atoms with E-state index in [1.54, 1.807) is 24.3 Å². The smallest absolute Gasteiger partial charge is 0.269 e. The molecule has 0 saturated carbocycles. The minimum Gasteiger partial charge on any atom is -0.497 e. The van der Waals surface area contributed by atoms with E-state index in [0.29, 0.717) is 5.75 Å². The summed E-state index contributed by atoms with van der Waals surface area (Å²) >= 11 is 0. The Morgan fingerprint density at radius 2 is 1.91 bits per heavy atom. The molecule has 174 valence electrons. The number of rotatable bonds is 6. The number of amides is 1. The second-order valence-electron chi connectivity index (χ2n) is 8.16. The number of hydrogen-bond donors (Lipinski definition) is 1. The Hall–Kier alpha value is -4.96. The molecule has 4 rings (SSSR count). The van der Waals surface area contributed by atoms with Gasteiger partial charge in [0.2, 0.25) is 5.91 Å². The van der Waals surface area contributed by atoms with Crippen LogP contribution in [-0.2, 0) is 4.79 Å². The van der Waals surface area contributed by atoms with Crippen molar-refractivity contribution >= 4 is 17.4 Å². The Bertz CT molecular complexity index is 1370. The summed E-state index contributed by atoms with van der Waals surface area (Å²) in [5, 5.41) is 31.3. The Morgan fingerprint density at radius 1 is 1.20 bits per heavy atom. The highest BCUT2D eigenvalue weighted by molar-refractivity contribution is 6.03. The van der Waals surface area contributed by atoms with Crippen molar-refractivity contribution < 1.29 is 19.2 Å². The van der Waals surface area contributed by atoms with Crippen molar-refractivity contribution in [2.24, 2.45) is 11.1 Å². The SMILES string of the molecule is COc1ccc(C(=O)[C@@H]2[C@@H](c3cccc([N+](=O)[O-])c3)[C@@](C#N)(C(N)=O)[C@H]3C=CC(C#N)=CN23)cc1. The number of hydrogen-bond acceptors (Lipinski definition) is 8. The number of nitrogens with zero attached hydrogens (tertiary/aromatic N) is 4. The average Bonchev–Trinajstić information content (AvgIpc) is 3.18. The van der Waals surface area contributed by atoms with Crippen LogP contribution in [0.15, 0.2) is 72.5 Å². The third-order valence-electron chi connectivity index (χ3n) is 6.47. The molecule has 0 spiro atoms. The number of fused-ring (bicyclic) bond motifs is 1. The quantitative estimate of drug-likeness (QED) is 0.383. The highest BCUT2D eigenvalue weighted by atomic mass is 16.6. The van der Waals surface area contributed by atoms with Crippen molar-refractivity contribution in [3.05, 3.63) is 93.7 Å². The van der Waals surface area contributed by atoms with E-state index in [1.165, 1.54) is 54.6 Å². The van der Waals surface area contributed by atoms with Gasteiger partial charge in [0.25, 0.3) is 5.69 Å². The van der Waals surface area contributed by atoms with Crippen LogP contribution in [0.25, 0.3) is 0 Å². The predicted octanol–water partition coefficient (Wildman–Crippen LogP) is 2.60. The van der Waals surface area contributed by atoms with Crippen molar-refractivity contribution in [1.82, 2.24) is 4.90 Å². The van der Waals surface area contributed by atoms with Crippen LogP contribution in [-0.4, -0.2) is 40.7 Å². The van der Waals surface area contributed by atoms with Gasteiger partial charge in [0.15, 0.2) is 11.2 Å². The summed E-state index contributed by atoms with van der Waals surface area (Å²) in [7, 11) is 1.49. The van der Waals surface area contributed by atoms with Gasteiger partial charge in [-0.25, -0.2) is 0 Å². The van der Waals surface area contributed by atoms with Gasteiger partial charge in [-0.05, 0) is 35.9 Å². The molecule has 10 heteroatoms. The number of Topliss-reactive ketones (excluding diaryl/α,β-unsaturated/α-hetero) is 1. The third-order valence-corrected chi connectivity index (χ3v) is 6.47. The maximum atomic E-state index is 13.9. The number of allylic oxidation sites excluding steroid dienone is 2. The van der Waals surface area contributed by atoms with E-state index in [1.807, 2.05) is 12.1 Å². The standard InChI is InChI=1S/C25H19N5O5/c1-35-19-8-6-16(7-9-19)23(31)22-21(17-3-2-4-18(11-17)30(33)34)25(14-27,24(28)32)20-10-5-15(12-26)13-29(20)22/h2-11,13,20-22H,1H3,(H2,28,32)/t20-,21-,22+,25+/m1/s1. The molecule has 35 heavy (non-hydrogen) atoms. The molecule has 10 nitrogen and oxygen atoms in total. The van der Waals surface area contributed by atoms with Gasteiger partial charge in [-0.1, -0.05) is 18.2 Å². The Balaban J connectivity index is 1.98. The van der Waals surface area contributed by atoms with Crippen LogP contribution in [0, 0.1) is 38.2 Å². The number of methoxy groups -OCH3 is 1. The largest absolute Gasteiger partial charge is 0.497 e. The molecular formula is C25H19N5O5. The normalized spacial score (nSPS) is 24.5. The van der Waals surface area contributed by atoms with Crippen molar-refractivity contribution in [2.75, 3.05) is 7.11 Å². The molecule has 1 saturated heterocycles. The van der Waals surface area contributed by atoms with Gasteiger partial charge < -0.3 is 15.4 Å². The fraction of sp³-hybridized carbons (Fsp3) is 0.200. The van der Waals surface area contributed by atoms with Crippen LogP contribution in [0.3, 0.4) is 0 Å². The third kappa shape index (κ3) is 3.58. The number of ether oxygens (including phenoxy) is 1. The molecule has 0 aromatic heterocycles. The first-order chi connectivity index (χ1) is 16.8. The first-order valence-electron chi connectivity index (χ1n) is 10.5. The minimum atomic E-state index is -1.95. The molecule has 2 N–H and O–H groups in total. The lowest BCUT2D eigenvalue weighted by molar-refractivity contribution is -0.384. The first-order valence-corrected chi connectivity index (χ1v) is 10.5. The van der Waals surface area contributed by atoms with Crippen LogP contribution in [0.1, 0.15) is 21.8 Å². The fourth-order valence-corrected chi connectivity index (χ4v) is 4.87. The van der Waals surface area contributed by atoms with Gasteiger partial charge in [0.05, 0.1) is 29.7 Å². The van der Waals surface area contributed by atoms with Crippen LogP contribution in [0.2, 0.25) is 0 Å². The summed E-state index contributed by atoms with van der Waals surface area (Å²) in [6, 6.07) is 13.7. The highest BCUT2D eigenvalue weighted by Crippen LogP contribution is 2.54. The number of benzene rings is 2. The molecule has 0 aliphatic carbocycles. The maximum absolute atomic E-state index is 13.9. The number of nitro benzene ring substituents is 1. The molecule has 0 unspecified atom stereocenters. The number of nitriles is 2. The van der Waals surface area contributed by atoms with Gasteiger partial charge in [-0.15, -0.1) is 0 Å². The van der Waals surface area contributed by atoms with Crippen LogP contribution < -0.4 is 10.5 Å². The van der Waals surface area contributed by atoms with E-state index in [9.17, 15) is 30.2 Å². The summed E-state index contributed by atoms with van der Waals surface area (Å²) in [5.74, 6) is -2.06. The molecule has 2 aliphatic rings. The number of nitro groups is 1. The molecule has 2 aromatic carbocycles. The molecular weight excluding hydrogens is 450 g/mol. The Kier molecular flexibility index (Phi) is 5.81. The monoisotopic (exact) mass is 469 g/mol. The average molecular weight is 469 g/mol. The predicted molar refractivity (Wildman–Crippen MR) is 123 cm³/mol. The van der Waals surface area contributed by atoms with Crippen molar-refractivity contribution in [1.29, 1.82) is 10.5 Å². The van der Waals surface area contributed by atoms with E-state index in [0.717, 1.165) is 0 Å².